The molecule has 1 aromatic rings. The zero-order valence-corrected chi connectivity index (χ0v) is 8.51. The highest BCUT2D eigenvalue weighted by Gasteiger charge is 2.35. The smallest absolute Gasteiger partial charge is 0.416 e. The highest BCUT2D eigenvalue weighted by Crippen LogP contribution is 2.36. The van der Waals surface area contributed by atoms with E-state index >= 15 is 0 Å². The van der Waals surface area contributed by atoms with Crippen LogP contribution in [0.15, 0.2) is 18.2 Å². The molecular weight excluding hydrogens is 226 g/mol. The maximum atomic E-state index is 12.6. The number of methoxy groups -OCH3 is 1. The average molecular weight is 237 g/mol. The van der Waals surface area contributed by atoms with Crippen molar-refractivity contribution in [2.75, 3.05) is 13.8 Å². The standard InChI is InChI=1S/C10H11F4NO/c1-16-6-2-3-7(9(15)5-11)8(4-6)10(12,13)14/h2-4,9H,5,15H2,1H3/t9-/m0/s1. The molecule has 0 aliphatic rings. The summed E-state index contributed by atoms with van der Waals surface area (Å²) in [6.07, 6.45) is -4.57. The van der Waals surface area contributed by atoms with Crippen LogP contribution in [0.2, 0.25) is 0 Å². The molecule has 0 saturated heterocycles. The van der Waals surface area contributed by atoms with E-state index in [4.69, 9.17) is 5.73 Å². The van der Waals surface area contributed by atoms with E-state index in [2.05, 4.69) is 4.74 Å². The molecule has 0 amide bonds. The van der Waals surface area contributed by atoms with Crippen LogP contribution in [0.4, 0.5) is 17.6 Å². The number of hydrogen-bond donors (Lipinski definition) is 1. The van der Waals surface area contributed by atoms with Crippen LogP contribution in [0.25, 0.3) is 0 Å². The van der Waals surface area contributed by atoms with Crippen molar-refractivity contribution in [3.8, 4) is 5.75 Å². The van der Waals surface area contributed by atoms with E-state index in [9.17, 15) is 17.6 Å². The van der Waals surface area contributed by atoms with E-state index in [0.29, 0.717) is 0 Å². The lowest BCUT2D eigenvalue weighted by Crippen LogP contribution is -2.19. The lowest BCUT2D eigenvalue weighted by molar-refractivity contribution is -0.138. The number of ether oxygens (including phenoxy) is 1. The molecule has 0 radical (unpaired) electrons. The normalized spacial score (nSPS) is 13.6. The summed E-state index contributed by atoms with van der Waals surface area (Å²) in [4.78, 5) is 0. The Labute approximate surface area is 90.0 Å². The first kappa shape index (κ1) is 12.8. The summed E-state index contributed by atoms with van der Waals surface area (Å²) in [7, 11) is 1.25. The molecule has 0 aromatic heterocycles. The molecule has 90 valence electrons. The summed E-state index contributed by atoms with van der Waals surface area (Å²) >= 11 is 0. The fourth-order valence-electron chi connectivity index (χ4n) is 1.31. The molecule has 0 unspecified atom stereocenters. The molecule has 0 saturated carbocycles. The van der Waals surface area contributed by atoms with Gasteiger partial charge in [-0.3, -0.25) is 0 Å². The fourth-order valence-corrected chi connectivity index (χ4v) is 1.31. The van der Waals surface area contributed by atoms with Gasteiger partial charge < -0.3 is 10.5 Å². The van der Waals surface area contributed by atoms with E-state index in [1.54, 1.807) is 0 Å². The molecule has 1 atom stereocenters. The molecule has 0 aliphatic carbocycles. The minimum atomic E-state index is -4.57. The largest absolute Gasteiger partial charge is 0.497 e. The number of hydrogen-bond acceptors (Lipinski definition) is 2. The molecule has 1 rings (SSSR count). The van der Waals surface area contributed by atoms with E-state index in [-0.39, 0.29) is 11.3 Å². The zero-order chi connectivity index (χ0) is 12.3. The SMILES string of the molecule is COc1ccc([C@@H](N)CF)c(C(F)(F)F)c1. The van der Waals surface area contributed by atoms with Crippen molar-refractivity contribution in [2.24, 2.45) is 5.73 Å². The highest BCUT2D eigenvalue weighted by atomic mass is 19.4. The third-order valence-corrected chi connectivity index (χ3v) is 2.13. The van der Waals surface area contributed by atoms with Crippen LogP contribution in [0, 0.1) is 0 Å². The van der Waals surface area contributed by atoms with Crippen LogP contribution in [0.3, 0.4) is 0 Å². The van der Waals surface area contributed by atoms with Gasteiger partial charge in [0.1, 0.15) is 12.4 Å². The van der Waals surface area contributed by atoms with Gasteiger partial charge in [0.2, 0.25) is 0 Å². The van der Waals surface area contributed by atoms with E-state index in [1.807, 2.05) is 0 Å². The Hall–Kier alpha value is -1.30. The maximum absolute atomic E-state index is 12.6. The molecule has 2 N–H and O–H groups in total. The molecule has 0 heterocycles. The van der Waals surface area contributed by atoms with Gasteiger partial charge in [-0.05, 0) is 17.7 Å². The maximum Gasteiger partial charge on any atom is 0.416 e. The number of nitrogens with two attached hydrogens (primary N) is 1. The first-order valence-corrected chi connectivity index (χ1v) is 4.46. The van der Waals surface area contributed by atoms with Gasteiger partial charge in [-0.15, -0.1) is 0 Å². The van der Waals surface area contributed by atoms with Crippen LogP contribution in [0.1, 0.15) is 17.2 Å². The van der Waals surface area contributed by atoms with Crippen LogP contribution in [0.5, 0.6) is 5.75 Å². The molecular formula is C10H11F4NO. The first-order valence-electron chi connectivity index (χ1n) is 4.46. The van der Waals surface area contributed by atoms with Gasteiger partial charge in [0.05, 0.1) is 18.7 Å². The summed E-state index contributed by atoms with van der Waals surface area (Å²) in [5, 5.41) is 0. The minimum Gasteiger partial charge on any atom is -0.497 e. The van der Waals surface area contributed by atoms with Crippen molar-refractivity contribution >= 4 is 0 Å². The van der Waals surface area contributed by atoms with Crippen LogP contribution < -0.4 is 10.5 Å². The Morgan fingerprint density at radius 3 is 2.44 bits per heavy atom. The fraction of sp³-hybridized carbons (Fsp3) is 0.400. The van der Waals surface area contributed by atoms with Crippen molar-refractivity contribution in [2.45, 2.75) is 12.2 Å². The lowest BCUT2D eigenvalue weighted by Gasteiger charge is -2.17. The Morgan fingerprint density at radius 1 is 1.38 bits per heavy atom. The number of benzene rings is 1. The molecule has 0 aliphatic heterocycles. The summed E-state index contributed by atoms with van der Waals surface area (Å²) in [6, 6.07) is 1.99. The van der Waals surface area contributed by atoms with Crippen molar-refractivity contribution in [3.05, 3.63) is 29.3 Å². The van der Waals surface area contributed by atoms with E-state index < -0.39 is 24.5 Å². The molecule has 1 aromatic carbocycles. The Balaban J connectivity index is 3.27. The predicted octanol–water partition coefficient (Wildman–Crippen LogP) is 2.68. The Bertz CT molecular complexity index is 364. The highest BCUT2D eigenvalue weighted by molar-refractivity contribution is 5.39. The van der Waals surface area contributed by atoms with Crippen molar-refractivity contribution < 1.29 is 22.3 Å². The lowest BCUT2D eigenvalue weighted by atomic mass is 10.0. The summed E-state index contributed by atoms with van der Waals surface area (Å²) < 4.78 is 54.9. The van der Waals surface area contributed by atoms with Gasteiger partial charge in [0.25, 0.3) is 0 Å². The third kappa shape index (κ3) is 2.63. The van der Waals surface area contributed by atoms with Crippen molar-refractivity contribution in [1.82, 2.24) is 0 Å². The number of halogens is 4. The van der Waals surface area contributed by atoms with Gasteiger partial charge >= 0.3 is 6.18 Å². The molecule has 2 nitrogen and oxygen atoms in total. The second kappa shape index (κ2) is 4.69. The van der Waals surface area contributed by atoms with Gasteiger partial charge in [0.15, 0.2) is 0 Å². The molecule has 6 heteroatoms. The quantitative estimate of drug-likeness (QED) is 0.820. The third-order valence-electron chi connectivity index (χ3n) is 2.13. The van der Waals surface area contributed by atoms with Crippen LogP contribution in [-0.4, -0.2) is 13.8 Å². The second-order valence-electron chi connectivity index (χ2n) is 3.21. The van der Waals surface area contributed by atoms with Crippen molar-refractivity contribution in [3.63, 3.8) is 0 Å². The first-order chi connectivity index (χ1) is 7.40. The minimum absolute atomic E-state index is 0.0575. The van der Waals surface area contributed by atoms with Gasteiger partial charge in [-0.1, -0.05) is 6.07 Å². The average Bonchev–Trinajstić information content (AvgIpc) is 2.26. The molecule has 0 spiro atoms. The number of alkyl halides is 4. The monoisotopic (exact) mass is 237 g/mol. The van der Waals surface area contributed by atoms with E-state index in [1.165, 1.54) is 13.2 Å². The number of rotatable bonds is 3. The van der Waals surface area contributed by atoms with Crippen LogP contribution >= 0.6 is 0 Å². The zero-order valence-electron chi connectivity index (χ0n) is 8.51. The van der Waals surface area contributed by atoms with Gasteiger partial charge in [0, 0.05) is 0 Å². The van der Waals surface area contributed by atoms with Gasteiger partial charge in [-0.2, -0.15) is 13.2 Å². The second-order valence-corrected chi connectivity index (χ2v) is 3.21. The summed E-state index contributed by atoms with van der Waals surface area (Å²) in [5.74, 6) is 0.0575. The van der Waals surface area contributed by atoms with Crippen molar-refractivity contribution in [1.29, 1.82) is 0 Å². The van der Waals surface area contributed by atoms with Gasteiger partial charge in [-0.25, -0.2) is 4.39 Å². The topological polar surface area (TPSA) is 35.2 Å². The molecule has 0 bridgehead atoms. The Kier molecular flexibility index (Phi) is 3.74. The van der Waals surface area contributed by atoms with Crippen LogP contribution in [-0.2, 0) is 6.18 Å². The summed E-state index contributed by atoms with van der Waals surface area (Å²) in [6.45, 7) is -1.05. The molecule has 16 heavy (non-hydrogen) atoms. The van der Waals surface area contributed by atoms with E-state index in [0.717, 1.165) is 12.1 Å². The Morgan fingerprint density at radius 2 is 2.00 bits per heavy atom. The predicted molar refractivity (Wildman–Crippen MR) is 50.9 cm³/mol. The molecule has 0 fully saturated rings. The summed E-state index contributed by atoms with van der Waals surface area (Å²) in [5.41, 5.74) is 4.04.